The van der Waals surface area contributed by atoms with Crippen LogP contribution in [0.1, 0.15) is 29.8 Å². The van der Waals surface area contributed by atoms with Crippen molar-refractivity contribution in [3.63, 3.8) is 0 Å². The summed E-state index contributed by atoms with van der Waals surface area (Å²) in [5, 5.41) is 6.15. The van der Waals surface area contributed by atoms with Crippen molar-refractivity contribution in [2.45, 2.75) is 19.3 Å². The normalized spacial score (nSPS) is 16.5. The van der Waals surface area contributed by atoms with Gasteiger partial charge in [0.2, 0.25) is 5.91 Å². The topological polar surface area (TPSA) is 86.8 Å². The van der Waals surface area contributed by atoms with Gasteiger partial charge in [-0.05, 0) is 49.2 Å². The van der Waals surface area contributed by atoms with E-state index in [9.17, 15) is 9.59 Å². The number of morpholine rings is 1. The summed E-state index contributed by atoms with van der Waals surface area (Å²) in [5.41, 5.74) is 2.45. The number of carbonyl (C=O) groups excluding carboxylic acids is 2. The number of nitrogens with zero attached hydrogens (tertiary/aromatic N) is 3. The van der Waals surface area contributed by atoms with Gasteiger partial charge in [0.15, 0.2) is 0 Å². The zero-order valence-electron chi connectivity index (χ0n) is 17.7. The standard InChI is InChI=1S/C23H29N5O3/c29-22-6-2-12-28(22)13-3-11-24-23(30)20-4-1-5-21(26-20)25-18-7-9-19(10-8-18)27-14-16-31-17-15-27/h1,4-5,7-10H,2-3,6,11-17H2,(H,24,30)(H,25,26). The molecule has 3 heterocycles. The van der Waals surface area contributed by atoms with Gasteiger partial charge >= 0.3 is 0 Å². The highest BCUT2D eigenvalue weighted by Crippen LogP contribution is 2.21. The zero-order valence-corrected chi connectivity index (χ0v) is 17.7. The molecule has 0 radical (unpaired) electrons. The molecule has 0 atom stereocenters. The van der Waals surface area contributed by atoms with Gasteiger partial charge in [-0.25, -0.2) is 4.98 Å². The Labute approximate surface area is 182 Å². The lowest BCUT2D eigenvalue weighted by molar-refractivity contribution is -0.127. The Morgan fingerprint density at radius 2 is 1.87 bits per heavy atom. The van der Waals surface area contributed by atoms with Crippen LogP contribution < -0.4 is 15.5 Å². The molecule has 0 aliphatic carbocycles. The van der Waals surface area contributed by atoms with Gasteiger partial charge in [-0.15, -0.1) is 0 Å². The van der Waals surface area contributed by atoms with Crippen LogP contribution in [0.3, 0.4) is 0 Å². The third kappa shape index (κ3) is 5.73. The molecule has 2 aliphatic heterocycles. The number of pyridine rings is 1. The van der Waals surface area contributed by atoms with E-state index < -0.39 is 0 Å². The Bertz CT molecular complexity index is 896. The first-order chi connectivity index (χ1) is 15.2. The first-order valence-corrected chi connectivity index (χ1v) is 10.9. The summed E-state index contributed by atoms with van der Waals surface area (Å²) in [5.74, 6) is 0.623. The Kier molecular flexibility index (Phi) is 6.99. The average Bonchev–Trinajstić information content (AvgIpc) is 3.22. The summed E-state index contributed by atoms with van der Waals surface area (Å²) in [7, 11) is 0. The van der Waals surface area contributed by atoms with Gasteiger partial charge in [0.25, 0.3) is 5.91 Å². The van der Waals surface area contributed by atoms with Crippen molar-refractivity contribution in [1.29, 1.82) is 0 Å². The van der Waals surface area contributed by atoms with E-state index in [1.54, 1.807) is 6.07 Å². The highest BCUT2D eigenvalue weighted by Gasteiger charge is 2.19. The lowest BCUT2D eigenvalue weighted by atomic mass is 10.2. The predicted molar refractivity (Wildman–Crippen MR) is 120 cm³/mol. The third-order valence-electron chi connectivity index (χ3n) is 5.56. The van der Waals surface area contributed by atoms with Crippen LogP contribution in [0.2, 0.25) is 0 Å². The quantitative estimate of drug-likeness (QED) is 0.634. The molecule has 0 bridgehead atoms. The number of hydrogen-bond acceptors (Lipinski definition) is 6. The van der Waals surface area contributed by atoms with E-state index in [2.05, 4.69) is 32.7 Å². The fourth-order valence-electron chi connectivity index (χ4n) is 3.86. The highest BCUT2D eigenvalue weighted by atomic mass is 16.5. The van der Waals surface area contributed by atoms with Crippen molar-refractivity contribution < 1.29 is 14.3 Å². The van der Waals surface area contributed by atoms with Crippen LogP contribution in [0.15, 0.2) is 42.5 Å². The van der Waals surface area contributed by atoms with Crippen molar-refractivity contribution in [2.24, 2.45) is 0 Å². The molecule has 1 aromatic heterocycles. The largest absolute Gasteiger partial charge is 0.378 e. The molecule has 0 unspecified atom stereocenters. The van der Waals surface area contributed by atoms with E-state index in [0.717, 1.165) is 51.4 Å². The van der Waals surface area contributed by atoms with Gasteiger partial charge in [-0.2, -0.15) is 0 Å². The molecule has 0 spiro atoms. The summed E-state index contributed by atoms with van der Waals surface area (Å²) in [6, 6.07) is 13.5. The van der Waals surface area contributed by atoms with E-state index >= 15 is 0 Å². The molecule has 2 aromatic rings. The summed E-state index contributed by atoms with van der Waals surface area (Å²) >= 11 is 0. The smallest absolute Gasteiger partial charge is 0.269 e. The molecule has 0 saturated carbocycles. The molecular formula is C23H29N5O3. The van der Waals surface area contributed by atoms with Crippen LogP contribution in [-0.2, 0) is 9.53 Å². The number of carbonyl (C=O) groups is 2. The first kappa shape index (κ1) is 21.1. The Balaban J connectivity index is 1.27. The van der Waals surface area contributed by atoms with Gasteiger partial charge in [-0.1, -0.05) is 6.07 Å². The summed E-state index contributed by atoms with van der Waals surface area (Å²) in [6.45, 7) is 5.36. The third-order valence-corrected chi connectivity index (χ3v) is 5.56. The van der Waals surface area contributed by atoms with Crippen LogP contribution in [0.5, 0.6) is 0 Å². The lowest BCUT2D eigenvalue weighted by Gasteiger charge is -2.28. The van der Waals surface area contributed by atoms with Crippen molar-refractivity contribution in [3.05, 3.63) is 48.2 Å². The minimum atomic E-state index is -0.209. The molecule has 2 amide bonds. The summed E-state index contributed by atoms with van der Waals surface area (Å²) in [6.07, 6.45) is 2.32. The number of hydrogen-bond donors (Lipinski definition) is 2. The molecule has 31 heavy (non-hydrogen) atoms. The zero-order chi connectivity index (χ0) is 21.5. The molecule has 8 heteroatoms. The number of nitrogens with one attached hydrogen (secondary N) is 2. The van der Waals surface area contributed by atoms with Crippen molar-refractivity contribution >= 4 is 29.0 Å². The minimum Gasteiger partial charge on any atom is -0.378 e. The van der Waals surface area contributed by atoms with Crippen LogP contribution in [0.4, 0.5) is 17.2 Å². The van der Waals surface area contributed by atoms with Crippen LogP contribution in [0.25, 0.3) is 0 Å². The SMILES string of the molecule is O=C(NCCCN1CCCC1=O)c1cccc(Nc2ccc(N3CCOCC3)cc2)n1. The van der Waals surface area contributed by atoms with Gasteiger partial charge in [0, 0.05) is 50.5 Å². The molecule has 164 valence electrons. The van der Waals surface area contributed by atoms with E-state index in [0.29, 0.717) is 31.0 Å². The van der Waals surface area contributed by atoms with Gasteiger partial charge < -0.3 is 25.2 Å². The maximum absolute atomic E-state index is 12.4. The lowest BCUT2D eigenvalue weighted by Crippen LogP contribution is -2.36. The number of ether oxygens (including phenoxy) is 1. The fourth-order valence-corrected chi connectivity index (χ4v) is 3.86. The minimum absolute atomic E-state index is 0.209. The molecule has 4 rings (SSSR count). The fraction of sp³-hybridized carbons (Fsp3) is 0.435. The average molecular weight is 424 g/mol. The number of benzene rings is 1. The predicted octanol–water partition coefficient (Wildman–Crippen LogP) is 2.40. The molecule has 2 N–H and O–H groups in total. The number of aromatic nitrogens is 1. The highest BCUT2D eigenvalue weighted by molar-refractivity contribution is 5.92. The van der Waals surface area contributed by atoms with E-state index in [1.165, 1.54) is 5.69 Å². The first-order valence-electron chi connectivity index (χ1n) is 10.9. The van der Waals surface area contributed by atoms with Gasteiger partial charge in [0.1, 0.15) is 11.5 Å². The van der Waals surface area contributed by atoms with Crippen LogP contribution in [0, 0.1) is 0 Å². The molecular weight excluding hydrogens is 394 g/mol. The Hall–Kier alpha value is -3.13. The van der Waals surface area contributed by atoms with Crippen molar-refractivity contribution in [3.8, 4) is 0 Å². The number of anilines is 3. The van der Waals surface area contributed by atoms with Crippen LogP contribution in [-0.4, -0.2) is 67.6 Å². The Morgan fingerprint density at radius 3 is 2.61 bits per heavy atom. The molecule has 1 aromatic carbocycles. The second-order valence-electron chi connectivity index (χ2n) is 7.77. The molecule has 8 nitrogen and oxygen atoms in total. The number of likely N-dealkylation sites (tertiary alicyclic amines) is 1. The second kappa shape index (κ2) is 10.3. The molecule has 2 saturated heterocycles. The monoisotopic (exact) mass is 423 g/mol. The second-order valence-corrected chi connectivity index (χ2v) is 7.77. The van der Waals surface area contributed by atoms with Crippen molar-refractivity contribution in [1.82, 2.24) is 15.2 Å². The van der Waals surface area contributed by atoms with Crippen molar-refractivity contribution in [2.75, 3.05) is 56.2 Å². The number of amides is 2. The summed E-state index contributed by atoms with van der Waals surface area (Å²) < 4.78 is 5.40. The maximum atomic E-state index is 12.4. The van der Waals surface area contributed by atoms with Crippen LogP contribution >= 0.6 is 0 Å². The number of rotatable bonds is 8. The Morgan fingerprint density at radius 1 is 1.06 bits per heavy atom. The maximum Gasteiger partial charge on any atom is 0.269 e. The molecule has 2 fully saturated rings. The molecule has 2 aliphatic rings. The van der Waals surface area contributed by atoms with E-state index in [-0.39, 0.29) is 11.8 Å². The summed E-state index contributed by atoms with van der Waals surface area (Å²) in [4.78, 5) is 32.7. The van der Waals surface area contributed by atoms with Gasteiger partial charge in [0.05, 0.1) is 13.2 Å². The van der Waals surface area contributed by atoms with E-state index in [1.807, 2.05) is 29.2 Å². The van der Waals surface area contributed by atoms with Gasteiger partial charge in [-0.3, -0.25) is 9.59 Å². The van der Waals surface area contributed by atoms with E-state index in [4.69, 9.17) is 4.74 Å².